The van der Waals surface area contributed by atoms with Crippen LogP contribution in [-0.4, -0.2) is 46.5 Å². The number of fused-ring (bicyclic) bond motifs is 3. The lowest BCUT2D eigenvalue weighted by Crippen LogP contribution is -2.66. The fraction of sp³-hybridized carbons (Fsp3) is 0.850. The van der Waals surface area contributed by atoms with Crippen LogP contribution in [0.2, 0.25) is 0 Å². The predicted molar refractivity (Wildman–Crippen MR) is 103 cm³/mol. The first-order valence-corrected chi connectivity index (χ1v) is 11.2. The minimum Gasteiger partial charge on any atom is -0.451 e. The number of rotatable bonds is 6. The minimum atomic E-state index is -0.941. The molecule has 2 amide bonds. The maximum Gasteiger partial charge on any atom is 0.315 e. The molecular weight excluding hydrogens is 364 g/mol. The van der Waals surface area contributed by atoms with Gasteiger partial charge in [-0.3, -0.25) is 9.59 Å². The number of hydrogen-bond donors (Lipinski definition) is 2. The van der Waals surface area contributed by atoms with Gasteiger partial charge in [0.2, 0.25) is 0 Å². The lowest BCUT2D eigenvalue weighted by molar-refractivity contribution is -0.213. The summed E-state index contributed by atoms with van der Waals surface area (Å²) in [5, 5.41) is 6.35. The van der Waals surface area contributed by atoms with Crippen molar-refractivity contribution < 1.29 is 19.1 Å². The third-order valence-electron chi connectivity index (χ3n) is 7.50. The predicted octanol–water partition coefficient (Wildman–Crippen LogP) is 2.65. The van der Waals surface area contributed by atoms with Crippen LogP contribution in [0.3, 0.4) is 0 Å². The Morgan fingerprint density at radius 3 is 2.74 bits per heavy atom. The van der Waals surface area contributed by atoms with Gasteiger partial charge in [0.25, 0.3) is 0 Å². The van der Waals surface area contributed by atoms with Crippen molar-refractivity contribution in [1.29, 1.82) is 0 Å². The fourth-order valence-electron chi connectivity index (χ4n) is 5.59. The third-order valence-corrected chi connectivity index (χ3v) is 9.01. The van der Waals surface area contributed by atoms with Crippen LogP contribution >= 0.6 is 11.8 Å². The smallest absolute Gasteiger partial charge is 0.315 e. The van der Waals surface area contributed by atoms with Gasteiger partial charge < -0.3 is 15.4 Å². The highest BCUT2D eigenvalue weighted by atomic mass is 32.2. The molecule has 150 valence electrons. The number of ketones is 1. The van der Waals surface area contributed by atoms with Crippen LogP contribution in [0.1, 0.15) is 59.3 Å². The first kappa shape index (κ1) is 19.1. The number of amides is 2. The first-order valence-electron chi connectivity index (χ1n) is 10.2. The van der Waals surface area contributed by atoms with Gasteiger partial charge in [-0.15, -0.1) is 0 Å². The molecule has 0 unspecified atom stereocenters. The molecule has 0 aromatic carbocycles. The van der Waals surface area contributed by atoms with Crippen LogP contribution in [-0.2, 0) is 14.3 Å². The molecule has 7 heteroatoms. The quantitative estimate of drug-likeness (QED) is 0.411. The van der Waals surface area contributed by atoms with E-state index in [1.165, 1.54) is 0 Å². The molecule has 2 aliphatic heterocycles. The molecule has 2 N–H and O–H groups in total. The first-order chi connectivity index (χ1) is 12.7. The van der Waals surface area contributed by atoms with Crippen molar-refractivity contribution >= 4 is 29.5 Å². The summed E-state index contributed by atoms with van der Waals surface area (Å²) in [7, 11) is 0. The zero-order valence-electron chi connectivity index (χ0n) is 16.4. The van der Waals surface area contributed by atoms with Crippen molar-refractivity contribution in [2.45, 2.75) is 82.2 Å². The van der Waals surface area contributed by atoms with Gasteiger partial charge in [0.05, 0.1) is 12.1 Å². The van der Waals surface area contributed by atoms with Crippen molar-refractivity contribution in [3.63, 3.8) is 0 Å². The van der Waals surface area contributed by atoms with Gasteiger partial charge >= 0.3 is 12.0 Å². The van der Waals surface area contributed by atoms with E-state index in [1.54, 1.807) is 0 Å². The summed E-state index contributed by atoms with van der Waals surface area (Å²) in [5.74, 6) is 1.38. The monoisotopic (exact) mass is 394 g/mol. The highest BCUT2D eigenvalue weighted by Gasteiger charge is 2.65. The molecule has 5 aliphatic rings. The molecule has 2 bridgehead atoms. The zero-order valence-corrected chi connectivity index (χ0v) is 17.2. The maximum atomic E-state index is 12.5. The molecule has 6 nitrogen and oxygen atoms in total. The van der Waals surface area contributed by atoms with E-state index in [4.69, 9.17) is 4.74 Å². The number of carbonyl (C=O) groups excluding carboxylic acids is 3. The van der Waals surface area contributed by atoms with Gasteiger partial charge in [0, 0.05) is 29.8 Å². The number of carbonyl (C=O) groups is 3. The number of Topliss-reactive ketones (excluding diaryl/α,β-unsaturated/α-hetero) is 1. The number of thioether (sulfide) groups is 1. The Hall–Kier alpha value is -1.24. The molecule has 2 heterocycles. The second-order valence-corrected chi connectivity index (χ2v) is 10.7. The molecule has 3 aliphatic carbocycles. The number of urea groups is 1. The van der Waals surface area contributed by atoms with Gasteiger partial charge in [-0.05, 0) is 37.5 Å². The van der Waals surface area contributed by atoms with E-state index >= 15 is 0 Å². The number of unbranched alkanes of at least 4 members (excludes halogenated alkanes) is 1. The molecule has 0 spiro atoms. The zero-order chi connectivity index (χ0) is 19.4. The molecule has 0 aromatic rings. The highest BCUT2D eigenvalue weighted by molar-refractivity contribution is 8.00. The average molecular weight is 395 g/mol. The number of ether oxygens (including phenoxy) is 1. The van der Waals surface area contributed by atoms with Crippen LogP contribution in [0, 0.1) is 17.3 Å². The van der Waals surface area contributed by atoms with Crippen LogP contribution in [0.15, 0.2) is 0 Å². The molecular formula is C20H30N2O4S. The number of esters is 1. The number of hydrogen-bond acceptors (Lipinski definition) is 5. The van der Waals surface area contributed by atoms with Crippen LogP contribution < -0.4 is 10.6 Å². The molecule has 27 heavy (non-hydrogen) atoms. The molecule has 6 atom stereocenters. The van der Waals surface area contributed by atoms with Crippen molar-refractivity contribution in [3.8, 4) is 0 Å². The normalized spacial score (nSPS) is 41.4. The van der Waals surface area contributed by atoms with E-state index in [0.29, 0.717) is 24.0 Å². The van der Waals surface area contributed by atoms with Crippen molar-refractivity contribution in [1.82, 2.24) is 10.6 Å². The average Bonchev–Trinajstić information content (AvgIpc) is 3.13. The van der Waals surface area contributed by atoms with Crippen molar-refractivity contribution in [3.05, 3.63) is 0 Å². The van der Waals surface area contributed by atoms with E-state index in [0.717, 1.165) is 31.4 Å². The van der Waals surface area contributed by atoms with Crippen LogP contribution in [0.5, 0.6) is 0 Å². The maximum absolute atomic E-state index is 12.5. The molecule has 5 fully saturated rings. The van der Waals surface area contributed by atoms with E-state index in [1.807, 2.05) is 18.7 Å². The SMILES string of the molecule is CC1(C)[C@H]2CC(=O)[C@](C)(OC(=O)CCCC[C@@H]3SC[C@@H]4NC(=O)N[C@@H]43)[C@H]1C2. The Kier molecular flexibility index (Phi) is 4.72. The molecule has 5 rings (SSSR count). The van der Waals surface area contributed by atoms with E-state index in [2.05, 4.69) is 24.5 Å². The largest absolute Gasteiger partial charge is 0.451 e. The Labute approximate surface area is 164 Å². The summed E-state index contributed by atoms with van der Waals surface area (Å²) in [6.07, 6.45) is 4.55. The topological polar surface area (TPSA) is 84.5 Å². The molecule has 0 radical (unpaired) electrons. The van der Waals surface area contributed by atoms with Crippen molar-refractivity contribution in [2.24, 2.45) is 17.3 Å². The second kappa shape index (κ2) is 6.68. The summed E-state index contributed by atoms with van der Waals surface area (Å²) in [6, 6.07) is 0.386. The lowest BCUT2D eigenvalue weighted by Gasteiger charge is -2.62. The Balaban J connectivity index is 1.22. The molecule has 2 saturated heterocycles. The van der Waals surface area contributed by atoms with E-state index in [-0.39, 0.29) is 41.2 Å². The molecule has 0 aromatic heterocycles. The van der Waals surface area contributed by atoms with Gasteiger partial charge in [0.15, 0.2) is 11.4 Å². The lowest BCUT2D eigenvalue weighted by atomic mass is 9.44. The summed E-state index contributed by atoms with van der Waals surface area (Å²) in [4.78, 5) is 36.3. The highest BCUT2D eigenvalue weighted by Crippen LogP contribution is 2.62. The van der Waals surface area contributed by atoms with Gasteiger partial charge in [0.1, 0.15) is 0 Å². The fourth-order valence-corrected chi connectivity index (χ4v) is 7.13. The number of nitrogens with one attached hydrogen (secondary N) is 2. The van der Waals surface area contributed by atoms with Gasteiger partial charge in [-0.2, -0.15) is 11.8 Å². The Bertz CT molecular complexity index is 666. The summed E-state index contributed by atoms with van der Waals surface area (Å²) in [5.41, 5.74) is -0.859. The van der Waals surface area contributed by atoms with Crippen LogP contribution in [0.4, 0.5) is 4.79 Å². The van der Waals surface area contributed by atoms with E-state index in [9.17, 15) is 14.4 Å². The van der Waals surface area contributed by atoms with Gasteiger partial charge in [-0.1, -0.05) is 20.3 Å². The summed E-state index contributed by atoms with van der Waals surface area (Å²) in [6.45, 7) is 6.20. The Morgan fingerprint density at radius 2 is 2.00 bits per heavy atom. The summed E-state index contributed by atoms with van der Waals surface area (Å²) >= 11 is 1.89. The minimum absolute atomic E-state index is 0.0644. The molecule has 3 saturated carbocycles. The van der Waals surface area contributed by atoms with Crippen LogP contribution in [0.25, 0.3) is 0 Å². The third kappa shape index (κ3) is 3.15. The summed E-state index contributed by atoms with van der Waals surface area (Å²) < 4.78 is 5.77. The van der Waals surface area contributed by atoms with E-state index < -0.39 is 5.60 Å². The van der Waals surface area contributed by atoms with Crippen molar-refractivity contribution in [2.75, 3.05) is 5.75 Å². The van der Waals surface area contributed by atoms with Gasteiger partial charge in [-0.25, -0.2) is 4.79 Å². The standard InChI is InChI=1S/C20H30N2O4S/c1-19(2)11-8-14(19)20(3,15(23)9-11)26-16(24)7-5-4-6-13-17-12(10-27-13)21-18(25)22-17/h11-14,17H,4-10H2,1-3H3,(H2,21,22,25)/t11-,12+,13+,14+,17+,20-/m1/s1. The second-order valence-electron chi connectivity index (χ2n) is 9.38. The Morgan fingerprint density at radius 1 is 1.22 bits per heavy atom.